The highest BCUT2D eigenvalue weighted by atomic mass is 79.9. The molecule has 2 aromatic rings. The van der Waals surface area contributed by atoms with Gasteiger partial charge in [0.25, 0.3) is 5.91 Å². The van der Waals surface area contributed by atoms with Crippen LogP contribution in [0.2, 0.25) is 5.02 Å². The standard InChI is InChI=1S/C32H45ClN2O2S.BrH/c1-3-4-5-6-7-8-9-10-11-12-13-14-21-37-31-22-29(33)19-20-30(31)34-32(36)28-17-15-27(16-18-28)24-35-23-26(2)38-25-35;/h15-20,22-23H,3-14,21,24-25H2,1-2H3,(H,34,36);1H. The van der Waals surface area contributed by atoms with Crippen molar-refractivity contribution < 1.29 is 9.53 Å². The molecule has 1 N–H and O–H groups in total. The van der Waals surface area contributed by atoms with Gasteiger partial charge in [0.1, 0.15) is 5.75 Å². The van der Waals surface area contributed by atoms with Crippen LogP contribution >= 0.6 is 40.3 Å². The highest BCUT2D eigenvalue weighted by Crippen LogP contribution is 2.29. The van der Waals surface area contributed by atoms with Gasteiger partial charge >= 0.3 is 0 Å². The summed E-state index contributed by atoms with van der Waals surface area (Å²) in [7, 11) is 0. The molecule has 1 aliphatic heterocycles. The maximum absolute atomic E-state index is 12.9. The van der Waals surface area contributed by atoms with Crippen molar-refractivity contribution in [2.75, 3.05) is 17.8 Å². The molecule has 3 rings (SSSR count). The van der Waals surface area contributed by atoms with E-state index >= 15 is 0 Å². The monoisotopic (exact) mass is 636 g/mol. The van der Waals surface area contributed by atoms with E-state index in [1.807, 2.05) is 42.1 Å². The molecule has 0 atom stereocenters. The average Bonchev–Trinajstić information content (AvgIpc) is 3.32. The van der Waals surface area contributed by atoms with E-state index in [1.54, 1.807) is 12.1 Å². The van der Waals surface area contributed by atoms with Crippen LogP contribution in [0.25, 0.3) is 0 Å². The molecule has 0 saturated heterocycles. The summed E-state index contributed by atoms with van der Waals surface area (Å²) < 4.78 is 6.04. The predicted molar refractivity (Wildman–Crippen MR) is 175 cm³/mol. The van der Waals surface area contributed by atoms with E-state index in [1.165, 1.54) is 74.7 Å². The van der Waals surface area contributed by atoms with E-state index in [2.05, 4.69) is 30.3 Å². The molecule has 0 aliphatic carbocycles. The molecule has 1 aliphatic rings. The first-order chi connectivity index (χ1) is 18.5. The van der Waals surface area contributed by atoms with Crippen LogP contribution in [0.1, 0.15) is 107 Å². The van der Waals surface area contributed by atoms with Crippen LogP contribution in [0, 0.1) is 0 Å². The Morgan fingerprint density at radius 2 is 1.54 bits per heavy atom. The van der Waals surface area contributed by atoms with Gasteiger partial charge in [0.15, 0.2) is 0 Å². The Morgan fingerprint density at radius 1 is 0.923 bits per heavy atom. The largest absolute Gasteiger partial charge is 0.491 e. The molecule has 0 unspecified atom stereocenters. The summed E-state index contributed by atoms with van der Waals surface area (Å²) in [5.41, 5.74) is 2.46. The number of hydrogen-bond donors (Lipinski definition) is 1. The number of benzene rings is 2. The summed E-state index contributed by atoms with van der Waals surface area (Å²) in [6, 6.07) is 13.2. The van der Waals surface area contributed by atoms with Gasteiger partial charge in [0.2, 0.25) is 0 Å². The van der Waals surface area contributed by atoms with Crippen molar-refractivity contribution in [3.8, 4) is 5.75 Å². The summed E-state index contributed by atoms with van der Waals surface area (Å²) in [5.74, 6) is 1.45. The van der Waals surface area contributed by atoms with Gasteiger partial charge in [-0.2, -0.15) is 0 Å². The number of ether oxygens (including phenoxy) is 1. The number of rotatable bonds is 18. The first kappa shape index (κ1) is 33.6. The Labute approximate surface area is 256 Å². The number of anilines is 1. The molecule has 4 nitrogen and oxygen atoms in total. The number of halogens is 2. The molecule has 0 bridgehead atoms. The molecule has 0 fully saturated rings. The Hall–Kier alpha value is -1.63. The van der Waals surface area contributed by atoms with Crippen molar-refractivity contribution in [2.24, 2.45) is 0 Å². The third kappa shape index (κ3) is 13.1. The van der Waals surface area contributed by atoms with Crippen LogP contribution in [0.15, 0.2) is 53.6 Å². The van der Waals surface area contributed by atoms with Crippen molar-refractivity contribution >= 4 is 51.9 Å². The fourth-order valence-corrected chi connectivity index (χ4v) is 5.56. The van der Waals surface area contributed by atoms with Crippen molar-refractivity contribution in [2.45, 2.75) is 97.4 Å². The molecule has 2 aromatic carbocycles. The number of hydrogen-bond acceptors (Lipinski definition) is 4. The molecule has 0 radical (unpaired) electrons. The first-order valence-corrected chi connectivity index (χ1v) is 15.8. The molecule has 216 valence electrons. The number of nitrogens with zero attached hydrogens (tertiary/aromatic N) is 1. The van der Waals surface area contributed by atoms with Gasteiger partial charge in [-0.05, 0) is 48.1 Å². The van der Waals surface area contributed by atoms with Gasteiger partial charge in [-0.15, -0.1) is 28.7 Å². The number of carbonyl (C=O) groups excluding carboxylic acids is 1. The number of nitrogens with one attached hydrogen (secondary N) is 1. The molecule has 0 spiro atoms. The second kappa shape index (κ2) is 19.4. The molecular weight excluding hydrogens is 592 g/mol. The SMILES string of the molecule is Br.CCCCCCCCCCCCCCOc1cc(Cl)ccc1NC(=O)c1ccc(CN2C=C(C)SC2)cc1. The topological polar surface area (TPSA) is 41.6 Å². The summed E-state index contributed by atoms with van der Waals surface area (Å²) >= 11 is 8.08. The summed E-state index contributed by atoms with van der Waals surface area (Å²) in [6.07, 6.45) is 17.9. The molecule has 39 heavy (non-hydrogen) atoms. The number of allylic oxidation sites excluding steroid dienone is 1. The zero-order valence-electron chi connectivity index (χ0n) is 23.7. The minimum Gasteiger partial charge on any atom is -0.491 e. The maximum atomic E-state index is 12.9. The number of unbranched alkanes of at least 4 members (excludes halogenated alkanes) is 11. The summed E-state index contributed by atoms with van der Waals surface area (Å²) in [6.45, 7) is 5.87. The lowest BCUT2D eigenvalue weighted by Gasteiger charge is -2.15. The third-order valence-corrected chi connectivity index (χ3v) is 8.13. The number of thioether (sulfide) groups is 1. The molecular formula is C32H46BrClN2O2S. The van der Waals surface area contributed by atoms with E-state index in [9.17, 15) is 4.79 Å². The molecule has 0 aromatic heterocycles. The lowest BCUT2D eigenvalue weighted by Crippen LogP contribution is -2.14. The fraction of sp³-hybridized carbons (Fsp3) is 0.531. The van der Waals surface area contributed by atoms with Crippen LogP contribution in [0.3, 0.4) is 0 Å². The number of amides is 1. The predicted octanol–water partition coefficient (Wildman–Crippen LogP) is 10.6. The number of carbonyl (C=O) groups is 1. The van der Waals surface area contributed by atoms with Crippen molar-refractivity contribution in [3.05, 3.63) is 69.7 Å². The van der Waals surface area contributed by atoms with Crippen molar-refractivity contribution in [3.63, 3.8) is 0 Å². The third-order valence-electron chi connectivity index (χ3n) is 6.87. The van der Waals surface area contributed by atoms with Gasteiger partial charge in [-0.1, -0.05) is 101 Å². The van der Waals surface area contributed by atoms with Gasteiger partial charge in [-0.25, -0.2) is 0 Å². The molecule has 7 heteroatoms. The summed E-state index contributed by atoms with van der Waals surface area (Å²) in [5, 5.41) is 3.60. The maximum Gasteiger partial charge on any atom is 0.255 e. The van der Waals surface area contributed by atoms with Crippen molar-refractivity contribution in [1.82, 2.24) is 4.90 Å². The highest BCUT2D eigenvalue weighted by molar-refractivity contribution is 8.93. The highest BCUT2D eigenvalue weighted by Gasteiger charge is 2.13. The van der Waals surface area contributed by atoms with E-state index in [0.717, 1.165) is 25.3 Å². The van der Waals surface area contributed by atoms with Crippen molar-refractivity contribution in [1.29, 1.82) is 0 Å². The Bertz CT molecular complexity index is 1020. The molecule has 1 amide bonds. The van der Waals surface area contributed by atoms with Crippen LogP contribution < -0.4 is 10.1 Å². The normalized spacial score (nSPS) is 12.7. The lowest BCUT2D eigenvalue weighted by molar-refractivity contribution is 0.102. The Kier molecular flexibility index (Phi) is 16.7. The van der Waals surface area contributed by atoms with Crippen LogP contribution in [-0.2, 0) is 6.54 Å². The van der Waals surface area contributed by atoms with E-state index in [0.29, 0.717) is 28.6 Å². The van der Waals surface area contributed by atoms with Crippen LogP contribution in [0.4, 0.5) is 5.69 Å². The summed E-state index contributed by atoms with van der Waals surface area (Å²) in [4.78, 5) is 16.5. The second-order valence-electron chi connectivity index (χ2n) is 10.3. The zero-order valence-corrected chi connectivity index (χ0v) is 27.0. The van der Waals surface area contributed by atoms with E-state index < -0.39 is 0 Å². The van der Waals surface area contributed by atoms with Crippen LogP contribution in [-0.4, -0.2) is 23.3 Å². The smallest absolute Gasteiger partial charge is 0.255 e. The minimum atomic E-state index is -0.151. The van der Waals surface area contributed by atoms with Gasteiger partial charge < -0.3 is 15.0 Å². The lowest BCUT2D eigenvalue weighted by atomic mass is 10.1. The molecule has 1 heterocycles. The van der Waals surface area contributed by atoms with Gasteiger partial charge in [0, 0.05) is 29.4 Å². The van der Waals surface area contributed by atoms with E-state index in [-0.39, 0.29) is 22.9 Å². The van der Waals surface area contributed by atoms with Gasteiger partial charge in [-0.3, -0.25) is 4.79 Å². The van der Waals surface area contributed by atoms with Crippen LogP contribution in [0.5, 0.6) is 5.75 Å². The first-order valence-electron chi connectivity index (χ1n) is 14.4. The second-order valence-corrected chi connectivity index (χ2v) is 11.9. The van der Waals surface area contributed by atoms with Gasteiger partial charge in [0.05, 0.1) is 18.2 Å². The minimum absolute atomic E-state index is 0. The Morgan fingerprint density at radius 3 is 2.13 bits per heavy atom. The molecule has 0 saturated carbocycles. The zero-order chi connectivity index (χ0) is 27.0. The fourth-order valence-electron chi connectivity index (χ4n) is 4.64. The Balaban J connectivity index is 0.00000533. The van der Waals surface area contributed by atoms with E-state index in [4.69, 9.17) is 16.3 Å². The average molecular weight is 638 g/mol. The quantitative estimate of drug-likeness (QED) is 0.165.